The summed E-state index contributed by atoms with van der Waals surface area (Å²) in [6.45, 7) is 4.29. The lowest BCUT2D eigenvalue weighted by Gasteiger charge is -2.14. The zero-order valence-corrected chi connectivity index (χ0v) is 10.2. The Labute approximate surface area is 99.5 Å². The van der Waals surface area contributed by atoms with E-state index in [4.69, 9.17) is 33.7 Å². The molecule has 1 aromatic heterocycles. The Morgan fingerprint density at radius 2 is 2.13 bits per heavy atom. The number of nitrogens with two attached hydrogens (primary N) is 1. The van der Waals surface area contributed by atoms with E-state index in [0.29, 0.717) is 22.3 Å². The van der Waals surface area contributed by atoms with Crippen molar-refractivity contribution in [1.82, 2.24) is 4.98 Å². The fourth-order valence-electron chi connectivity index (χ4n) is 1.07. The lowest BCUT2D eigenvalue weighted by molar-refractivity contribution is 0.0676. The van der Waals surface area contributed by atoms with Crippen molar-refractivity contribution in [3.63, 3.8) is 0 Å². The van der Waals surface area contributed by atoms with Crippen LogP contribution in [0.25, 0.3) is 0 Å². The van der Waals surface area contributed by atoms with Crippen molar-refractivity contribution in [1.29, 1.82) is 0 Å². The highest BCUT2D eigenvalue weighted by atomic mass is 35.5. The second-order valence-corrected chi connectivity index (χ2v) is 4.35. The van der Waals surface area contributed by atoms with Crippen LogP contribution in [0, 0.1) is 0 Å². The van der Waals surface area contributed by atoms with Crippen LogP contribution in [0.15, 0.2) is 12.3 Å². The van der Waals surface area contributed by atoms with Crippen molar-refractivity contribution >= 4 is 23.2 Å². The molecule has 5 heteroatoms. The number of nitrogens with zero attached hydrogens (tertiary/aromatic N) is 1. The van der Waals surface area contributed by atoms with Gasteiger partial charge in [0.1, 0.15) is 0 Å². The van der Waals surface area contributed by atoms with E-state index in [0.717, 1.165) is 0 Å². The average molecular weight is 249 g/mol. The smallest absolute Gasteiger partial charge is 0.0781 e. The summed E-state index contributed by atoms with van der Waals surface area (Å²) >= 11 is 11.7. The van der Waals surface area contributed by atoms with Gasteiger partial charge in [-0.3, -0.25) is 4.98 Å². The molecule has 1 aromatic rings. The van der Waals surface area contributed by atoms with Gasteiger partial charge in [-0.05, 0) is 19.9 Å². The lowest BCUT2D eigenvalue weighted by Crippen LogP contribution is -2.21. The number of rotatable bonds is 4. The minimum Gasteiger partial charge on any atom is -0.377 e. The highest BCUT2D eigenvalue weighted by Gasteiger charge is 2.13. The zero-order valence-electron chi connectivity index (χ0n) is 8.71. The van der Waals surface area contributed by atoms with Crippen molar-refractivity contribution in [2.24, 2.45) is 5.73 Å². The van der Waals surface area contributed by atoms with Crippen LogP contribution < -0.4 is 5.73 Å². The van der Waals surface area contributed by atoms with Crippen molar-refractivity contribution < 1.29 is 4.74 Å². The van der Waals surface area contributed by atoms with E-state index in [9.17, 15) is 0 Å². The van der Waals surface area contributed by atoms with Crippen LogP contribution in [0.2, 0.25) is 10.0 Å². The molecule has 3 nitrogen and oxygen atoms in total. The first-order valence-corrected chi connectivity index (χ1v) is 5.44. The van der Waals surface area contributed by atoms with Gasteiger partial charge in [0, 0.05) is 6.20 Å². The topological polar surface area (TPSA) is 48.1 Å². The number of pyridine rings is 1. The molecule has 15 heavy (non-hydrogen) atoms. The van der Waals surface area contributed by atoms with Crippen molar-refractivity contribution in [3.05, 3.63) is 28.0 Å². The molecule has 1 unspecified atom stereocenters. The summed E-state index contributed by atoms with van der Waals surface area (Å²) in [6.07, 6.45) is 1.67. The molecule has 1 atom stereocenters. The monoisotopic (exact) mass is 248 g/mol. The minimum absolute atomic E-state index is 0.141. The van der Waals surface area contributed by atoms with Crippen LogP contribution in [0.4, 0.5) is 0 Å². The van der Waals surface area contributed by atoms with Gasteiger partial charge in [-0.1, -0.05) is 23.2 Å². The second-order valence-electron chi connectivity index (χ2n) is 3.51. The first-order valence-electron chi connectivity index (χ1n) is 4.69. The second kappa shape index (κ2) is 5.66. The van der Waals surface area contributed by atoms with Crippen LogP contribution >= 0.6 is 23.2 Å². The van der Waals surface area contributed by atoms with Gasteiger partial charge in [-0.2, -0.15) is 0 Å². The molecule has 0 aliphatic carbocycles. The molecule has 0 amide bonds. The summed E-state index contributed by atoms with van der Waals surface area (Å²) in [5, 5.41) is 0.975. The molecule has 0 saturated heterocycles. The van der Waals surface area contributed by atoms with Crippen LogP contribution in [0.1, 0.15) is 25.6 Å². The van der Waals surface area contributed by atoms with E-state index in [1.54, 1.807) is 6.07 Å². The van der Waals surface area contributed by atoms with E-state index in [1.807, 2.05) is 13.8 Å². The standard InChI is InChI=1S/C10H14Cl2N2O/c1-6(2)15-5-9(13)10-8(12)3-7(11)4-14-10/h3-4,6,9H,5,13H2,1-2H3. The summed E-state index contributed by atoms with van der Waals surface area (Å²) in [7, 11) is 0. The van der Waals surface area contributed by atoms with E-state index in [2.05, 4.69) is 4.98 Å². The first kappa shape index (κ1) is 12.7. The Balaban J connectivity index is 2.69. The molecule has 2 N–H and O–H groups in total. The third kappa shape index (κ3) is 3.95. The van der Waals surface area contributed by atoms with Crippen molar-refractivity contribution in [2.45, 2.75) is 26.0 Å². The Hall–Kier alpha value is -0.350. The molecule has 0 radical (unpaired) electrons. The summed E-state index contributed by atoms with van der Waals surface area (Å²) in [5.41, 5.74) is 6.49. The van der Waals surface area contributed by atoms with Gasteiger partial charge in [0.2, 0.25) is 0 Å². The van der Waals surface area contributed by atoms with E-state index >= 15 is 0 Å². The molecular formula is C10H14Cl2N2O. The van der Waals surface area contributed by atoms with Crippen LogP contribution in [-0.4, -0.2) is 17.7 Å². The Morgan fingerprint density at radius 3 is 2.67 bits per heavy atom. The van der Waals surface area contributed by atoms with E-state index < -0.39 is 0 Å². The van der Waals surface area contributed by atoms with Gasteiger partial charge in [-0.25, -0.2) is 0 Å². The molecule has 1 rings (SSSR count). The molecule has 0 aromatic carbocycles. The predicted molar refractivity (Wildman–Crippen MR) is 62.3 cm³/mol. The van der Waals surface area contributed by atoms with Gasteiger partial charge < -0.3 is 10.5 Å². The molecule has 0 spiro atoms. The van der Waals surface area contributed by atoms with Gasteiger partial charge in [0.05, 0.1) is 34.5 Å². The number of halogens is 2. The molecule has 84 valence electrons. The Kier molecular flexibility index (Phi) is 4.80. The fourth-order valence-corrected chi connectivity index (χ4v) is 1.59. The van der Waals surface area contributed by atoms with Crippen LogP contribution in [0.5, 0.6) is 0 Å². The molecule has 0 aliphatic heterocycles. The fraction of sp³-hybridized carbons (Fsp3) is 0.500. The minimum atomic E-state index is -0.322. The molecular weight excluding hydrogens is 235 g/mol. The largest absolute Gasteiger partial charge is 0.377 e. The highest BCUT2D eigenvalue weighted by molar-refractivity contribution is 6.34. The third-order valence-electron chi connectivity index (χ3n) is 1.80. The SMILES string of the molecule is CC(C)OCC(N)c1ncc(Cl)cc1Cl. The molecule has 0 fully saturated rings. The maximum Gasteiger partial charge on any atom is 0.0781 e. The molecule has 0 aliphatic rings. The van der Waals surface area contributed by atoms with E-state index in [1.165, 1.54) is 6.20 Å². The van der Waals surface area contributed by atoms with E-state index in [-0.39, 0.29) is 12.1 Å². The number of aromatic nitrogens is 1. The number of hydrogen-bond acceptors (Lipinski definition) is 3. The Morgan fingerprint density at radius 1 is 1.47 bits per heavy atom. The summed E-state index contributed by atoms with van der Waals surface area (Å²) in [5.74, 6) is 0. The lowest BCUT2D eigenvalue weighted by atomic mass is 10.2. The molecule has 1 heterocycles. The predicted octanol–water partition coefficient (Wildman–Crippen LogP) is 2.81. The first-order chi connectivity index (χ1) is 7.00. The zero-order chi connectivity index (χ0) is 11.4. The number of hydrogen-bond donors (Lipinski definition) is 1. The third-order valence-corrected chi connectivity index (χ3v) is 2.31. The van der Waals surface area contributed by atoms with Gasteiger partial charge >= 0.3 is 0 Å². The van der Waals surface area contributed by atoms with Crippen molar-refractivity contribution in [2.75, 3.05) is 6.61 Å². The molecule has 0 saturated carbocycles. The highest BCUT2D eigenvalue weighted by Crippen LogP contribution is 2.22. The maximum atomic E-state index is 5.96. The molecule has 0 bridgehead atoms. The maximum absolute atomic E-state index is 5.96. The summed E-state index contributed by atoms with van der Waals surface area (Å²) in [4.78, 5) is 4.09. The normalized spacial score (nSPS) is 13.2. The summed E-state index contributed by atoms with van der Waals surface area (Å²) in [6, 6.07) is 1.30. The Bertz CT molecular complexity index is 331. The van der Waals surface area contributed by atoms with Gasteiger partial charge in [0.25, 0.3) is 0 Å². The van der Waals surface area contributed by atoms with Gasteiger partial charge in [-0.15, -0.1) is 0 Å². The summed E-state index contributed by atoms with van der Waals surface area (Å²) < 4.78 is 5.39. The van der Waals surface area contributed by atoms with Crippen LogP contribution in [-0.2, 0) is 4.74 Å². The number of ether oxygens (including phenoxy) is 1. The van der Waals surface area contributed by atoms with Crippen molar-refractivity contribution in [3.8, 4) is 0 Å². The average Bonchev–Trinajstić information content (AvgIpc) is 2.14. The van der Waals surface area contributed by atoms with Crippen LogP contribution in [0.3, 0.4) is 0 Å². The van der Waals surface area contributed by atoms with Gasteiger partial charge in [0.15, 0.2) is 0 Å². The quantitative estimate of drug-likeness (QED) is 0.892.